The SMILES string of the molecule is CC(CO)CNC(C)c1nc2c(s1)CCC2. The van der Waals surface area contributed by atoms with Gasteiger partial charge in [-0.2, -0.15) is 0 Å². The molecule has 0 amide bonds. The summed E-state index contributed by atoms with van der Waals surface area (Å²) in [6.07, 6.45) is 3.65. The third kappa shape index (κ3) is 2.62. The molecule has 2 rings (SSSR count). The summed E-state index contributed by atoms with van der Waals surface area (Å²) in [6.45, 7) is 5.29. The summed E-state index contributed by atoms with van der Waals surface area (Å²) in [7, 11) is 0. The molecule has 0 fully saturated rings. The quantitative estimate of drug-likeness (QED) is 0.826. The van der Waals surface area contributed by atoms with E-state index in [1.165, 1.54) is 28.4 Å². The third-order valence-corrected chi connectivity index (χ3v) is 4.41. The number of nitrogens with zero attached hydrogens (tertiary/aromatic N) is 1. The van der Waals surface area contributed by atoms with Crippen molar-refractivity contribution in [1.82, 2.24) is 10.3 Å². The maximum absolute atomic E-state index is 8.96. The molecule has 1 aliphatic carbocycles. The van der Waals surface area contributed by atoms with Gasteiger partial charge in [0.05, 0.1) is 11.7 Å². The van der Waals surface area contributed by atoms with Crippen LogP contribution in [-0.4, -0.2) is 23.2 Å². The van der Waals surface area contributed by atoms with Crippen LogP contribution in [0.4, 0.5) is 0 Å². The number of hydrogen-bond donors (Lipinski definition) is 2. The first-order valence-electron chi connectivity index (χ1n) is 6.03. The number of rotatable bonds is 5. The first-order valence-corrected chi connectivity index (χ1v) is 6.85. The monoisotopic (exact) mass is 240 g/mol. The predicted octanol–water partition coefficient (Wildman–Crippen LogP) is 1.91. The number of aliphatic hydroxyl groups is 1. The molecule has 0 radical (unpaired) electrons. The highest BCUT2D eigenvalue weighted by atomic mass is 32.1. The van der Waals surface area contributed by atoms with Gasteiger partial charge in [0.15, 0.2) is 0 Å². The lowest BCUT2D eigenvalue weighted by atomic mass is 10.2. The Kier molecular flexibility index (Phi) is 3.95. The number of nitrogens with one attached hydrogen (secondary N) is 1. The van der Waals surface area contributed by atoms with Crippen LogP contribution < -0.4 is 5.32 Å². The molecule has 0 spiro atoms. The Balaban J connectivity index is 1.91. The van der Waals surface area contributed by atoms with Crippen molar-refractivity contribution in [2.75, 3.05) is 13.2 Å². The number of aryl methyl sites for hydroxylation is 2. The van der Waals surface area contributed by atoms with E-state index >= 15 is 0 Å². The van der Waals surface area contributed by atoms with Crippen LogP contribution >= 0.6 is 11.3 Å². The molecule has 90 valence electrons. The van der Waals surface area contributed by atoms with E-state index in [2.05, 4.69) is 17.2 Å². The Bertz CT molecular complexity index is 329. The second-order valence-electron chi connectivity index (χ2n) is 4.69. The minimum Gasteiger partial charge on any atom is -0.396 e. The van der Waals surface area contributed by atoms with Gasteiger partial charge in [-0.1, -0.05) is 6.92 Å². The minimum absolute atomic E-state index is 0.244. The molecule has 2 unspecified atom stereocenters. The molecule has 4 heteroatoms. The Labute approximate surface area is 101 Å². The Morgan fingerprint density at radius 2 is 2.25 bits per heavy atom. The van der Waals surface area contributed by atoms with Gasteiger partial charge in [0.1, 0.15) is 5.01 Å². The fourth-order valence-corrected chi connectivity index (χ4v) is 3.11. The summed E-state index contributed by atoms with van der Waals surface area (Å²) in [5.74, 6) is 0.314. The second kappa shape index (κ2) is 5.25. The van der Waals surface area contributed by atoms with Crippen LogP contribution in [0.5, 0.6) is 0 Å². The van der Waals surface area contributed by atoms with Crippen LogP contribution in [0.3, 0.4) is 0 Å². The molecule has 0 saturated heterocycles. The molecular weight excluding hydrogens is 220 g/mol. The number of aromatic nitrogens is 1. The summed E-state index contributed by atoms with van der Waals surface area (Å²) in [4.78, 5) is 6.17. The van der Waals surface area contributed by atoms with E-state index in [0.29, 0.717) is 12.0 Å². The van der Waals surface area contributed by atoms with Crippen molar-refractivity contribution in [3.05, 3.63) is 15.6 Å². The smallest absolute Gasteiger partial charge is 0.110 e. The Morgan fingerprint density at radius 3 is 2.94 bits per heavy atom. The van der Waals surface area contributed by atoms with Crippen LogP contribution in [0.1, 0.15) is 41.9 Å². The molecule has 0 aromatic carbocycles. The summed E-state index contributed by atoms with van der Waals surface area (Å²) in [5.41, 5.74) is 1.32. The van der Waals surface area contributed by atoms with Gasteiger partial charge in [0.25, 0.3) is 0 Å². The zero-order valence-corrected chi connectivity index (χ0v) is 10.8. The molecule has 2 N–H and O–H groups in total. The lowest BCUT2D eigenvalue weighted by molar-refractivity contribution is 0.231. The van der Waals surface area contributed by atoms with E-state index in [1.807, 2.05) is 18.3 Å². The summed E-state index contributed by atoms with van der Waals surface area (Å²) in [5, 5.41) is 13.6. The van der Waals surface area contributed by atoms with Crippen molar-refractivity contribution in [1.29, 1.82) is 0 Å². The largest absolute Gasteiger partial charge is 0.396 e. The van der Waals surface area contributed by atoms with Crippen molar-refractivity contribution >= 4 is 11.3 Å². The fraction of sp³-hybridized carbons (Fsp3) is 0.750. The first-order chi connectivity index (χ1) is 7.70. The minimum atomic E-state index is 0.244. The van der Waals surface area contributed by atoms with Gasteiger partial charge >= 0.3 is 0 Å². The highest BCUT2D eigenvalue weighted by molar-refractivity contribution is 7.11. The van der Waals surface area contributed by atoms with Gasteiger partial charge in [-0.05, 0) is 32.1 Å². The van der Waals surface area contributed by atoms with E-state index in [1.54, 1.807) is 0 Å². The normalized spacial score (nSPS) is 18.4. The third-order valence-electron chi connectivity index (χ3n) is 3.07. The lowest BCUT2D eigenvalue weighted by Gasteiger charge is -2.14. The van der Waals surface area contributed by atoms with Crippen molar-refractivity contribution in [3.8, 4) is 0 Å². The fourth-order valence-electron chi connectivity index (χ4n) is 1.93. The van der Waals surface area contributed by atoms with E-state index in [9.17, 15) is 0 Å². The molecular formula is C12H20N2OS. The van der Waals surface area contributed by atoms with E-state index in [-0.39, 0.29) is 6.61 Å². The molecule has 1 heterocycles. The van der Waals surface area contributed by atoms with Gasteiger partial charge < -0.3 is 10.4 Å². The van der Waals surface area contributed by atoms with Crippen molar-refractivity contribution in [3.63, 3.8) is 0 Å². The highest BCUT2D eigenvalue weighted by Crippen LogP contribution is 2.30. The highest BCUT2D eigenvalue weighted by Gasteiger charge is 2.19. The zero-order valence-electron chi connectivity index (χ0n) is 9.99. The van der Waals surface area contributed by atoms with Crippen LogP contribution in [-0.2, 0) is 12.8 Å². The summed E-state index contributed by atoms with van der Waals surface area (Å²) >= 11 is 1.85. The summed E-state index contributed by atoms with van der Waals surface area (Å²) in [6, 6.07) is 0.310. The standard InChI is InChI=1S/C12H20N2OS/c1-8(7-15)6-13-9(2)12-14-10-4-3-5-11(10)16-12/h8-9,13,15H,3-7H2,1-2H3. The topological polar surface area (TPSA) is 45.1 Å². The maximum atomic E-state index is 8.96. The van der Waals surface area contributed by atoms with Crippen LogP contribution in [0.25, 0.3) is 0 Å². The predicted molar refractivity (Wildman–Crippen MR) is 66.8 cm³/mol. The maximum Gasteiger partial charge on any atom is 0.110 e. The van der Waals surface area contributed by atoms with E-state index in [0.717, 1.165) is 13.0 Å². The molecule has 3 nitrogen and oxygen atoms in total. The average Bonchev–Trinajstić information content (AvgIpc) is 2.85. The number of thiazole rings is 1. The Hall–Kier alpha value is -0.450. The van der Waals surface area contributed by atoms with Crippen LogP contribution in [0.15, 0.2) is 0 Å². The number of aliphatic hydroxyl groups excluding tert-OH is 1. The molecule has 0 bridgehead atoms. The lowest BCUT2D eigenvalue weighted by Crippen LogP contribution is -2.26. The van der Waals surface area contributed by atoms with E-state index < -0.39 is 0 Å². The van der Waals surface area contributed by atoms with Crippen molar-refractivity contribution < 1.29 is 5.11 Å². The van der Waals surface area contributed by atoms with Gasteiger partial charge in [-0.3, -0.25) is 0 Å². The van der Waals surface area contributed by atoms with Crippen LogP contribution in [0.2, 0.25) is 0 Å². The number of hydrogen-bond acceptors (Lipinski definition) is 4. The van der Waals surface area contributed by atoms with Crippen LogP contribution in [0, 0.1) is 5.92 Å². The number of fused-ring (bicyclic) bond motifs is 1. The molecule has 0 aliphatic heterocycles. The van der Waals surface area contributed by atoms with Gasteiger partial charge in [0, 0.05) is 18.0 Å². The average molecular weight is 240 g/mol. The molecule has 2 atom stereocenters. The van der Waals surface area contributed by atoms with Crippen molar-refractivity contribution in [2.45, 2.75) is 39.2 Å². The second-order valence-corrected chi connectivity index (χ2v) is 5.81. The van der Waals surface area contributed by atoms with Gasteiger partial charge in [-0.25, -0.2) is 4.98 Å². The molecule has 0 saturated carbocycles. The molecule has 16 heavy (non-hydrogen) atoms. The van der Waals surface area contributed by atoms with Gasteiger partial charge in [-0.15, -0.1) is 11.3 Å². The van der Waals surface area contributed by atoms with Gasteiger partial charge in [0.2, 0.25) is 0 Å². The Morgan fingerprint density at radius 1 is 1.44 bits per heavy atom. The zero-order chi connectivity index (χ0) is 11.5. The molecule has 1 aromatic heterocycles. The van der Waals surface area contributed by atoms with E-state index in [4.69, 9.17) is 5.11 Å². The molecule has 1 aliphatic rings. The molecule has 1 aromatic rings. The first kappa shape index (κ1) is 12.0. The van der Waals surface area contributed by atoms with Crippen molar-refractivity contribution in [2.24, 2.45) is 5.92 Å². The summed E-state index contributed by atoms with van der Waals surface area (Å²) < 4.78 is 0.